The van der Waals surface area contributed by atoms with E-state index in [-0.39, 0.29) is 6.04 Å². The molecule has 2 aromatic rings. The summed E-state index contributed by atoms with van der Waals surface area (Å²) in [4.78, 5) is 0.296. The van der Waals surface area contributed by atoms with E-state index in [2.05, 4.69) is 11.6 Å². The minimum atomic E-state index is -3.49. The van der Waals surface area contributed by atoms with Crippen molar-refractivity contribution in [2.75, 3.05) is 0 Å². The molecule has 0 radical (unpaired) electrons. The van der Waals surface area contributed by atoms with E-state index in [1.54, 1.807) is 24.3 Å². The van der Waals surface area contributed by atoms with Crippen LogP contribution in [0.25, 0.3) is 0 Å². The number of rotatable bonds is 5. The maximum Gasteiger partial charge on any atom is 0.241 e. The summed E-state index contributed by atoms with van der Waals surface area (Å²) in [7, 11) is -3.49. The van der Waals surface area contributed by atoms with Gasteiger partial charge in [0.2, 0.25) is 10.0 Å². The van der Waals surface area contributed by atoms with E-state index < -0.39 is 10.0 Å². The number of benzene rings is 2. The molecule has 112 valence electrons. The maximum atomic E-state index is 12.3. The highest BCUT2D eigenvalue weighted by molar-refractivity contribution is 7.89. The van der Waals surface area contributed by atoms with Gasteiger partial charge in [0.05, 0.1) is 4.90 Å². The van der Waals surface area contributed by atoms with Crippen molar-refractivity contribution in [2.24, 2.45) is 0 Å². The Morgan fingerprint density at radius 2 is 1.57 bits per heavy atom. The van der Waals surface area contributed by atoms with Crippen LogP contribution < -0.4 is 4.72 Å². The van der Waals surface area contributed by atoms with Crippen LogP contribution in [0.3, 0.4) is 0 Å². The van der Waals surface area contributed by atoms with Crippen LogP contribution >= 0.6 is 0 Å². The first-order chi connectivity index (χ1) is 9.92. The lowest BCUT2D eigenvalue weighted by Crippen LogP contribution is -2.26. The summed E-state index contributed by atoms with van der Waals surface area (Å²) in [5.41, 5.74) is 3.24. The Bertz CT molecular complexity index is 689. The average Bonchev–Trinajstić information content (AvgIpc) is 2.47. The van der Waals surface area contributed by atoms with Gasteiger partial charge >= 0.3 is 0 Å². The predicted molar refractivity (Wildman–Crippen MR) is 85.7 cm³/mol. The summed E-state index contributed by atoms with van der Waals surface area (Å²) < 4.78 is 27.4. The Kier molecular flexibility index (Phi) is 4.80. The molecule has 2 rings (SSSR count). The van der Waals surface area contributed by atoms with Crippen LogP contribution in [0.5, 0.6) is 0 Å². The summed E-state index contributed by atoms with van der Waals surface area (Å²) in [6, 6.07) is 14.6. The number of hydrogen-bond acceptors (Lipinski definition) is 2. The van der Waals surface area contributed by atoms with E-state index >= 15 is 0 Å². The third kappa shape index (κ3) is 3.93. The first-order valence-electron chi connectivity index (χ1n) is 7.10. The number of nitrogens with one attached hydrogen (secondary N) is 1. The van der Waals surface area contributed by atoms with Crippen LogP contribution in [0, 0.1) is 6.92 Å². The van der Waals surface area contributed by atoms with Crippen molar-refractivity contribution in [2.45, 2.75) is 38.1 Å². The first-order valence-corrected chi connectivity index (χ1v) is 8.58. The maximum absolute atomic E-state index is 12.3. The summed E-state index contributed by atoms with van der Waals surface area (Å²) in [6.45, 7) is 5.88. The highest BCUT2D eigenvalue weighted by Crippen LogP contribution is 2.18. The molecule has 4 heteroatoms. The summed E-state index contributed by atoms with van der Waals surface area (Å²) in [6.07, 6.45) is 0.976. The fraction of sp³-hybridized carbons (Fsp3) is 0.294. The van der Waals surface area contributed by atoms with E-state index in [0.29, 0.717) is 4.90 Å². The van der Waals surface area contributed by atoms with Gasteiger partial charge in [-0.2, -0.15) is 0 Å². The molecule has 0 spiro atoms. The molecule has 21 heavy (non-hydrogen) atoms. The zero-order valence-electron chi connectivity index (χ0n) is 12.6. The lowest BCUT2D eigenvalue weighted by Gasteiger charge is -2.15. The van der Waals surface area contributed by atoms with Crippen molar-refractivity contribution < 1.29 is 8.42 Å². The molecule has 1 N–H and O–H groups in total. The van der Waals surface area contributed by atoms with Crippen LogP contribution in [0.1, 0.15) is 36.6 Å². The molecule has 0 fully saturated rings. The molecule has 0 aliphatic carbocycles. The second-order valence-corrected chi connectivity index (χ2v) is 6.97. The number of hydrogen-bond donors (Lipinski definition) is 1. The minimum absolute atomic E-state index is 0.262. The van der Waals surface area contributed by atoms with E-state index in [9.17, 15) is 8.42 Å². The Balaban J connectivity index is 2.17. The highest BCUT2D eigenvalue weighted by atomic mass is 32.2. The third-order valence-electron chi connectivity index (χ3n) is 3.55. The predicted octanol–water partition coefficient (Wildman–Crippen LogP) is 3.60. The fourth-order valence-corrected chi connectivity index (χ4v) is 3.36. The van der Waals surface area contributed by atoms with Crippen LogP contribution in [-0.4, -0.2) is 8.42 Å². The molecule has 0 bridgehead atoms. The van der Waals surface area contributed by atoms with Gasteiger partial charge in [-0.15, -0.1) is 0 Å². The van der Waals surface area contributed by atoms with Gasteiger partial charge in [0.1, 0.15) is 0 Å². The molecule has 1 atom stereocenters. The van der Waals surface area contributed by atoms with Gasteiger partial charge in [-0.25, -0.2) is 13.1 Å². The number of aryl methyl sites for hydroxylation is 2. The Morgan fingerprint density at radius 1 is 1.00 bits per heavy atom. The van der Waals surface area contributed by atoms with Crippen LogP contribution in [0.4, 0.5) is 0 Å². The van der Waals surface area contributed by atoms with Gasteiger partial charge in [0.25, 0.3) is 0 Å². The summed E-state index contributed by atoms with van der Waals surface area (Å²) in [5, 5.41) is 0. The monoisotopic (exact) mass is 303 g/mol. The van der Waals surface area contributed by atoms with Crippen LogP contribution in [-0.2, 0) is 16.4 Å². The van der Waals surface area contributed by atoms with Gasteiger partial charge < -0.3 is 0 Å². The van der Waals surface area contributed by atoms with Gasteiger partial charge in [-0.3, -0.25) is 0 Å². The van der Waals surface area contributed by atoms with E-state index in [1.807, 2.05) is 38.1 Å². The molecule has 0 amide bonds. The zero-order valence-corrected chi connectivity index (χ0v) is 13.4. The molecule has 0 aromatic heterocycles. The normalized spacial score (nSPS) is 13.1. The third-order valence-corrected chi connectivity index (χ3v) is 5.11. The molecular formula is C17H21NO2S. The number of sulfonamides is 1. The summed E-state index contributed by atoms with van der Waals surface area (Å²) >= 11 is 0. The topological polar surface area (TPSA) is 46.2 Å². The second-order valence-electron chi connectivity index (χ2n) is 5.25. The molecule has 0 aliphatic rings. The SMILES string of the molecule is CCc1ccc([C@@H](C)NS(=O)(=O)c2ccc(C)cc2)cc1. The van der Waals surface area contributed by atoms with Gasteiger partial charge in [0, 0.05) is 6.04 Å². The fourth-order valence-electron chi connectivity index (χ4n) is 2.13. The molecule has 0 heterocycles. The van der Waals surface area contributed by atoms with Crippen molar-refractivity contribution in [3.05, 3.63) is 65.2 Å². The molecule has 2 aromatic carbocycles. The molecule has 0 aliphatic heterocycles. The summed E-state index contributed by atoms with van der Waals surface area (Å²) in [5.74, 6) is 0. The molecule has 0 saturated heterocycles. The van der Waals surface area contributed by atoms with Crippen molar-refractivity contribution in [3.63, 3.8) is 0 Å². The van der Waals surface area contributed by atoms with E-state index in [4.69, 9.17) is 0 Å². The first kappa shape index (κ1) is 15.7. The smallest absolute Gasteiger partial charge is 0.207 e. The minimum Gasteiger partial charge on any atom is -0.207 e. The van der Waals surface area contributed by atoms with Gasteiger partial charge in [0.15, 0.2) is 0 Å². The van der Waals surface area contributed by atoms with Crippen molar-refractivity contribution in [3.8, 4) is 0 Å². The second kappa shape index (κ2) is 6.41. The van der Waals surface area contributed by atoms with Gasteiger partial charge in [-0.05, 0) is 43.5 Å². The quantitative estimate of drug-likeness (QED) is 0.917. The highest BCUT2D eigenvalue weighted by Gasteiger charge is 2.18. The average molecular weight is 303 g/mol. The Labute approximate surface area is 127 Å². The van der Waals surface area contributed by atoms with Crippen LogP contribution in [0.2, 0.25) is 0 Å². The molecular weight excluding hydrogens is 282 g/mol. The largest absolute Gasteiger partial charge is 0.241 e. The van der Waals surface area contributed by atoms with Gasteiger partial charge in [-0.1, -0.05) is 48.9 Å². The molecule has 3 nitrogen and oxygen atoms in total. The van der Waals surface area contributed by atoms with Crippen LogP contribution in [0.15, 0.2) is 53.4 Å². The lowest BCUT2D eigenvalue weighted by molar-refractivity contribution is 0.567. The standard InChI is InChI=1S/C17H21NO2S/c1-4-15-7-9-16(10-8-15)14(3)18-21(19,20)17-11-5-13(2)6-12-17/h5-12,14,18H,4H2,1-3H3/t14-/m1/s1. The molecule has 0 saturated carbocycles. The van der Waals surface area contributed by atoms with E-state index in [0.717, 1.165) is 17.5 Å². The zero-order chi connectivity index (χ0) is 15.5. The van der Waals surface area contributed by atoms with Crippen molar-refractivity contribution in [1.82, 2.24) is 4.72 Å². The van der Waals surface area contributed by atoms with Crippen molar-refractivity contribution in [1.29, 1.82) is 0 Å². The Morgan fingerprint density at radius 3 is 2.10 bits per heavy atom. The van der Waals surface area contributed by atoms with E-state index in [1.165, 1.54) is 5.56 Å². The van der Waals surface area contributed by atoms with Crippen molar-refractivity contribution >= 4 is 10.0 Å². The lowest BCUT2D eigenvalue weighted by atomic mass is 10.1. The Hall–Kier alpha value is -1.65. The molecule has 0 unspecified atom stereocenters.